The Bertz CT molecular complexity index is 1030. The molecule has 0 saturated carbocycles. The Balaban J connectivity index is 1.93. The summed E-state index contributed by atoms with van der Waals surface area (Å²) in [5.41, 5.74) is 5.13. The lowest BCUT2D eigenvalue weighted by atomic mass is 10.0. The lowest BCUT2D eigenvalue weighted by Crippen LogP contribution is -2.29. The average Bonchev–Trinajstić information content (AvgIpc) is 2.80. The molecule has 3 aromatic rings. The molecule has 1 aromatic heterocycles. The van der Waals surface area contributed by atoms with Gasteiger partial charge in [-0.05, 0) is 49.6 Å². The monoisotopic (exact) mass is 439 g/mol. The van der Waals surface area contributed by atoms with Crippen LogP contribution in [0.3, 0.4) is 0 Å². The van der Waals surface area contributed by atoms with Gasteiger partial charge in [0.25, 0.3) is 0 Å². The van der Waals surface area contributed by atoms with Crippen LogP contribution in [0.1, 0.15) is 31.9 Å². The largest absolute Gasteiger partial charge is 0.490 e. The zero-order chi connectivity index (χ0) is 22.9. The van der Waals surface area contributed by atoms with Gasteiger partial charge in [0.15, 0.2) is 11.5 Å². The molecular weight excluding hydrogens is 406 g/mol. The number of rotatable bonds is 12. The summed E-state index contributed by atoms with van der Waals surface area (Å²) in [5.74, 6) is 1.40. The van der Waals surface area contributed by atoms with Gasteiger partial charge in [-0.3, -0.25) is 4.98 Å². The van der Waals surface area contributed by atoms with E-state index in [1.165, 1.54) is 5.56 Å². The fourth-order valence-corrected chi connectivity index (χ4v) is 3.72. The van der Waals surface area contributed by atoms with Crippen molar-refractivity contribution >= 4 is 22.3 Å². The maximum absolute atomic E-state index is 9.58. The van der Waals surface area contributed by atoms with Crippen molar-refractivity contribution < 1.29 is 19.7 Å². The molecular formula is C25H33N3O4. The maximum Gasteiger partial charge on any atom is 0.163 e. The number of aliphatic hydroxyl groups is 2. The Morgan fingerprint density at radius 2 is 1.75 bits per heavy atom. The van der Waals surface area contributed by atoms with E-state index >= 15 is 0 Å². The first-order valence-corrected chi connectivity index (χ1v) is 11.2. The normalized spacial score (nSPS) is 12.0. The SMILES string of the molecule is CCOc1cc2nccc(Nc3cccc(CNCC(O)CO)c3CC)c2cc1OCC. The third kappa shape index (κ3) is 5.68. The van der Waals surface area contributed by atoms with Gasteiger partial charge in [-0.25, -0.2) is 0 Å². The molecule has 4 N–H and O–H groups in total. The highest BCUT2D eigenvalue weighted by Crippen LogP contribution is 2.36. The number of fused-ring (bicyclic) bond motifs is 1. The number of aromatic nitrogens is 1. The Labute approximate surface area is 189 Å². The minimum atomic E-state index is -0.759. The molecule has 0 saturated heterocycles. The summed E-state index contributed by atoms with van der Waals surface area (Å²) in [5, 5.41) is 26.3. The third-order valence-corrected chi connectivity index (χ3v) is 5.21. The third-order valence-electron chi connectivity index (χ3n) is 5.21. The van der Waals surface area contributed by atoms with Crippen LogP contribution >= 0.6 is 0 Å². The Hall–Kier alpha value is -2.87. The van der Waals surface area contributed by atoms with Crippen LogP contribution in [0.25, 0.3) is 10.9 Å². The van der Waals surface area contributed by atoms with Gasteiger partial charge >= 0.3 is 0 Å². The summed E-state index contributed by atoms with van der Waals surface area (Å²) in [6, 6.07) is 12.0. The number of nitrogens with one attached hydrogen (secondary N) is 2. The van der Waals surface area contributed by atoms with Crippen LogP contribution in [0.2, 0.25) is 0 Å². The average molecular weight is 440 g/mol. The molecule has 0 aliphatic rings. The van der Waals surface area contributed by atoms with Gasteiger partial charge in [0.05, 0.1) is 31.4 Å². The van der Waals surface area contributed by atoms with Crippen molar-refractivity contribution in [2.24, 2.45) is 0 Å². The van der Waals surface area contributed by atoms with E-state index in [0.717, 1.165) is 34.3 Å². The summed E-state index contributed by atoms with van der Waals surface area (Å²) in [4.78, 5) is 4.52. The Morgan fingerprint density at radius 3 is 2.44 bits per heavy atom. The molecule has 0 bridgehead atoms. The van der Waals surface area contributed by atoms with Crippen molar-refractivity contribution in [3.8, 4) is 11.5 Å². The predicted molar refractivity (Wildman–Crippen MR) is 128 cm³/mol. The molecule has 3 rings (SSSR count). The minimum absolute atomic E-state index is 0.251. The van der Waals surface area contributed by atoms with Crippen molar-refractivity contribution in [3.05, 3.63) is 53.7 Å². The molecule has 0 fully saturated rings. The van der Waals surface area contributed by atoms with E-state index in [9.17, 15) is 5.11 Å². The van der Waals surface area contributed by atoms with Crippen molar-refractivity contribution in [2.45, 2.75) is 39.8 Å². The molecule has 0 aliphatic carbocycles. The van der Waals surface area contributed by atoms with Crippen LogP contribution < -0.4 is 20.1 Å². The summed E-state index contributed by atoms with van der Waals surface area (Å²) in [6.07, 6.45) is 1.88. The predicted octanol–water partition coefficient (Wildman–Crippen LogP) is 3.78. The highest BCUT2D eigenvalue weighted by atomic mass is 16.5. The number of anilines is 2. The number of aliphatic hydroxyl groups excluding tert-OH is 2. The molecule has 0 amide bonds. The smallest absolute Gasteiger partial charge is 0.163 e. The standard InChI is InChI=1S/C25H33N3O4/c1-4-19-17(14-26-15-18(30)16-29)8-7-9-21(19)28-22-10-11-27-23-13-25(32-6-3)24(31-5-2)12-20(22)23/h7-13,18,26,29-30H,4-6,14-16H2,1-3H3,(H,27,28). The molecule has 0 radical (unpaired) electrons. The first kappa shape index (κ1) is 23.8. The first-order chi connectivity index (χ1) is 15.6. The fourth-order valence-electron chi connectivity index (χ4n) is 3.72. The second kappa shape index (κ2) is 11.7. The summed E-state index contributed by atoms with van der Waals surface area (Å²) in [6.45, 7) is 7.83. The van der Waals surface area contributed by atoms with Gasteiger partial charge < -0.3 is 30.3 Å². The molecule has 1 atom stereocenters. The highest BCUT2D eigenvalue weighted by molar-refractivity contribution is 5.95. The first-order valence-electron chi connectivity index (χ1n) is 11.2. The minimum Gasteiger partial charge on any atom is -0.490 e. The van der Waals surface area contributed by atoms with Crippen molar-refractivity contribution in [2.75, 3.05) is 31.7 Å². The second-order valence-electron chi connectivity index (χ2n) is 7.43. The van der Waals surface area contributed by atoms with Gasteiger partial charge in [-0.15, -0.1) is 0 Å². The summed E-state index contributed by atoms with van der Waals surface area (Å²) < 4.78 is 11.6. The zero-order valence-corrected chi connectivity index (χ0v) is 19.0. The second-order valence-corrected chi connectivity index (χ2v) is 7.43. The van der Waals surface area contributed by atoms with Crippen LogP contribution in [-0.4, -0.2) is 47.7 Å². The number of nitrogens with zero attached hydrogens (tertiary/aromatic N) is 1. The highest BCUT2D eigenvalue weighted by Gasteiger charge is 2.13. The molecule has 2 aromatic carbocycles. The molecule has 0 aliphatic heterocycles. The number of hydrogen-bond donors (Lipinski definition) is 4. The summed E-state index contributed by atoms with van der Waals surface area (Å²) in [7, 11) is 0. The van der Waals surface area contributed by atoms with E-state index in [4.69, 9.17) is 14.6 Å². The molecule has 32 heavy (non-hydrogen) atoms. The van der Waals surface area contributed by atoms with Crippen LogP contribution in [0.4, 0.5) is 11.4 Å². The van der Waals surface area contributed by atoms with Crippen LogP contribution in [0.5, 0.6) is 11.5 Å². The number of pyridine rings is 1. The van der Waals surface area contributed by atoms with Gasteiger partial charge in [0, 0.05) is 42.1 Å². The Kier molecular flexibility index (Phi) is 8.67. The number of benzene rings is 2. The topological polar surface area (TPSA) is 95.9 Å². The van der Waals surface area contributed by atoms with Crippen LogP contribution in [-0.2, 0) is 13.0 Å². The Morgan fingerprint density at radius 1 is 1.00 bits per heavy atom. The lowest BCUT2D eigenvalue weighted by molar-refractivity contribution is 0.0942. The summed E-state index contributed by atoms with van der Waals surface area (Å²) >= 11 is 0. The molecule has 0 spiro atoms. The van der Waals surface area contributed by atoms with Crippen molar-refractivity contribution in [3.63, 3.8) is 0 Å². The molecule has 1 heterocycles. The van der Waals surface area contributed by atoms with E-state index in [1.807, 2.05) is 38.1 Å². The van der Waals surface area contributed by atoms with E-state index < -0.39 is 6.10 Å². The van der Waals surface area contributed by atoms with Crippen LogP contribution in [0, 0.1) is 0 Å². The van der Waals surface area contributed by atoms with E-state index in [0.29, 0.717) is 37.8 Å². The van der Waals surface area contributed by atoms with Crippen molar-refractivity contribution in [1.29, 1.82) is 0 Å². The number of ether oxygens (including phenoxy) is 2. The quantitative estimate of drug-likeness (QED) is 0.341. The number of hydrogen-bond acceptors (Lipinski definition) is 7. The molecule has 1 unspecified atom stereocenters. The molecule has 7 nitrogen and oxygen atoms in total. The van der Waals surface area contributed by atoms with Gasteiger partial charge in [-0.1, -0.05) is 19.1 Å². The van der Waals surface area contributed by atoms with Crippen molar-refractivity contribution in [1.82, 2.24) is 10.3 Å². The van der Waals surface area contributed by atoms with E-state index in [1.54, 1.807) is 6.20 Å². The van der Waals surface area contributed by atoms with Gasteiger partial charge in [-0.2, -0.15) is 0 Å². The van der Waals surface area contributed by atoms with E-state index in [-0.39, 0.29) is 6.61 Å². The molecule has 7 heteroatoms. The zero-order valence-electron chi connectivity index (χ0n) is 19.0. The van der Waals surface area contributed by atoms with Gasteiger partial charge in [0.1, 0.15) is 0 Å². The van der Waals surface area contributed by atoms with Gasteiger partial charge in [0.2, 0.25) is 0 Å². The van der Waals surface area contributed by atoms with Crippen LogP contribution in [0.15, 0.2) is 42.6 Å². The van der Waals surface area contributed by atoms with E-state index in [2.05, 4.69) is 34.7 Å². The molecule has 172 valence electrons. The fraction of sp³-hybridized carbons (Fsp3) is 0.400. The lowest BCUT2D eigenvalue weighted by Gasteiger charge is -2.18. The maximum atomic E-state index is 9.58.